The largest absolute Gasteiger partial charge is 0.445 e. The van der Waals surface area contributed by atoms with E-state index >= 15 is 0 Å². The third-order valence-corrected chi connectivity index (χ3v) is 2.78. The predicted molar refractivity (Wildman–Crippen MR) is 49.3 cm³/mol. The predicted octanol–water partition coefficient (Wildman–Crippen LogP) is 1.98. The molecule has 0 saturated heterocycles. The van der Waals surface area contributed by atoms with E-state index in [1.807, 2.05) is 0 Å². The number of sulfone groups is 1. The number of hydrogen-bond donors (Lipinski definition) is 0. The summed E-state index contributed by atoms with van der Waals surface area (Å²) < 4.78 is 40.3. The summed E-state index contributed by atoms with van der Waals surface area (Å²) in [4.78, 5) is 0. The number of rotatable bonds is 1. The molecule has 0 aliphatic heterocycles. The van der Waals surface area contributed by atoms with E-state index in [2.05, 4.69) is 0 Å². The van der Waals surface area contributed by atoms with Gasteiger partial charge in [-0.15, -0.1) is 0 Å². The van der Waals surface area contributed by atoms with Crippen LogP contribution in [-0.2, 0) is 9.84 Å². The molecular formula is C9H7FO3S. The molecule has 0 saturated carbocycles. The number of fused-ring (bicyclic) bond motifs is 1. The van der Waals surface area contributed by atoms with E-state index in [0.717, 1.165) is 6.26 Å². The molecule has 0 aliphatic carbocycles. The summed E-state index contributed by atoms with van der Waals surface area (Å²) in [5.41, 5.74) is 0.241. The fourth-order valence-corrected chi connectivity index (χ4v) is 1.76. The Labute approximate surface area is 80.1 Å². The SMILES string of the molecule is CS(=O)(=O)c1cc2c(F)cccc2o1. The second-order valence-corrected chi connectivity index (χ2v) is 4.94. The molecule has 0 N–H and O–H groups in total. The Morgan fingerprint density at radius 2 is 2.07 bits per heavy atom. The molecule has 74 valence electrons. The van der Waals surface area contributed by atoms with Crippen LogP contribution in [0.5, 0.6) is 0 Å². The Kier molecular flexibility index (Phi) is 1.85. The van der Waals surface area contributed by atoms with Crippen molar-refractivity contribution in [2.24, 2.45) is 0 Å². The summed E-state index contributed by atoms with van der Waals surface area (Å²) in [6.45, 7) is 0. The lowest BCUT2D eigenvalue weighted by atomic mass is 10.2. The van der Waals surface area contributed by atoms with Gasteiger partial charge in [-0.25, -0.2) is 12.8 Å². The molecular weight excluding hydrogens is 207 g/mol. The van der Waals surface area contributed by atoms with Gasteiger partial charge in [-0.1, -0.05) is 6.07 Å². The van der Waals surface area contributed by atoms with Crippen LogP contribution in [0.3, 0.4) is 0 Å². The molecule has 5 heteroatoms. The summed E-state index contributed by atoms with van der Waals surface area (Å²) in [6.07, 6.45) is 1.02. The van der Waals surface area contributed by atoms with Crippen molar-refractivity contribution < 1.29 is 17.2 Å². The van der Waals surface area contributed by atoms with Gasteiger partial charge in [0.15, 0.2) is 0 Å². The summed E-state index contributed by atoms with van der Waals surface area (Å²) in [6, 6.07) is 5.43. The van der Waals surface area contributed by atoms with Crippen molar-refractivity contribution in [3.8, 4) is 0 Å². The highest BCUT2D eigenvalue weighted by atomic mass is 32.2. The third-order valence-electron chi connectivity index (χ3n) is 1.85. The zero-order chi connectivity index (χ0) is 10.3. The van der Waals surface area contributed by atoms with Crippen LogP contribution < -0.4 is 0 Å². The first-order valence-electron chi connectivity index (χ1n) is 3.86. The monoisotopic (exact) mass is 214 g/mol. The van der Waals surface area contributed by atoms with Crippen LogP contribution in [0.2, 0.25) is 0 Å². The van der Waals surface area contributed by atoms with Crippen LogP contribution >= 0.6 is 0 Å². The Hall–Kier alpha value is -1.36. The van der Waals surface area contributed by atoms with Crippen LogP contribution in [-0.4, -0.2) is 14.7 Å². The first-order valence-corrected chi connectivity index (χ1v) is 5.76. The van der Waals surface area contributed by atoms with Crippen molar-refractivity contribution in [3.63, 3.8) is 0 Å². The Bertz CT molecular complexity index is 583. The topological polar surface area (TPSA) is 47.3 Å². The van der Waals surface area contributed by atoms with E-state index in [-0.39, 0.29) is 16.1 Å². The van der Waals surface area contributed by atoms with Gasteiger partial charge in [0.2, 0.25) is 14.9 Å². The van der Waals surface area contributed by atoms with E-state index in [1.54, 1.807) is 0 Å². The van der Waals surface area contributed by atoms with Crippen LogP contribution in [0, 0.1) is 5.82 Å². The molecule has 1 heterocycles. The number of hydrogen-bond acceptors (Lipinski definition) is 3. The third kappa shape index (κ3) is 1.39. The van der Waals surface area contributed by atoms with Gasteiger partial charge in [0.1, 0.15) is 11.4 Å². The average molecular weight is 214 g/mol. The zero-order valence-corrected chi connectivity index (χ0v) is 8.14. The first kappa shape index (κ1) is 9.21. The molecule has 1 aromatic carbocycles. The molecule has 0 aliphatic rings. The molecule has 2 rings (SSSR count). The lowest BCUT2D eigenvalue weighted by Crippen LogP contribution is -1.93. The highest BCUT2D eigenvalue weighted by molar-refractivity contribution is 7.90. The Balaban J connectivity index is 2.81. The maximum atomic E-state index is 13.1. The molecule has 0 atom stereocenters. The van der Waals surface area contributed by atoms with Crippen LogP contribution in [0.1, 0.15) is 0 Å². The smallest absolute Gasteiger partial charge is 0.219 e. The molecule has 3 nitrogen and oxygen atoms in total. The molecule has 0 bridgehead atoms. The minimum absolute atomic E-state index is 0.188. The number of halogens is 1. The van der Waals surface area contributed by atoms with Gasteiger partial charge in [-0.3, -0.25) is 0 Å². The standard InChI is InChI=1S/C9H7FO3S/c1-14(11,12)9-5-6-7(10)3-2-4-8(6)13-9/h2-5H,1H3. The molecule has 0 radical (unpaired) electrons. The molecule has 1 aromatic heterocycles. The van der Waals surface area contributed by atoms with E-state index in [9.17, 15) is 12.8 Å². The van der Waals surface area contributed by atoms with Gasteiger partial charge in [-0.05, 0) is 12.1 Å². The molecule has 0 unspecified atom stereocenters. The number of furan rings is 1. The van der Waals surface area contributed by atoms with Gasteiger partial charge in [0, 0.05) is 12.3 Å². The molecule has 2 aromatic rings. The van der Waals surface area contributed by atoms with Crippen molar-refractivity contribution in [3.05, 3.63) is 30.1 Å². The van der Waals surface area contributed by atoms with E-state index in [4.69, 9.17) is 4.42 Å². The quantitative estimate of drug-likeness (QED) is 0.729. The van der Waals surface area contributed by atoms with Crippen molar-refractivity contribution in [1.29, 1.82) is 0 Å². The number of benzene rings is 1. The summed E-state index contributed by atoms with van der Waals surface area (Å²) in [5, 5.41) is -0.0227. The Morgan fingerprint density at radius 3 is 2.64 bits per heavy atom. The first-order chi connectivity index (χ1) is 6.48. The van der Waals surface area contributed by atoms with Gasteiger partial charge < -0.3 is 4.42 Å². The van der Waals surface area contributed by atoms with E-state index in [1.165, 1.54) is 24.3 Å². The normalized spacial score (nSPS) is 12.1. The van der Waals surface area contributed by atoms with Crippen LogP contribution in [0.4, 0.5) is 4.39 Å². The van der Waals surface area contributed by atoms with E-state index < -0.39 is 15.7 Å². The van der Waals surface area contributed by atoms with Crippen molar-refractivity contribution in [2.45, 2.75) is 5.09 Å². The maximum absolute atomic E-state index is 13.1. The van der Waals surface area contributed by atoms with Crippen LogP contribution in [0.25, 0.3) is 11.0 Å². The summed E-state index contributed by atoms with van der Waals surface area (Å²) >= 11 is 0. The zero-order valence-electron chi connectivity index (χ0n) is 7.32. The minimum atomic E-state index is -3.41. The second-order valence-electron chi connectivity index (χ2n) is 2.99. The van der Waals surface area contributed by atoms with Crippen molar-refractivity contribution in [1.82, 2.24) is 0 Å². The summed E-state index contributed by atoms with van der Waals surface area (Å²) in [7, 11) is -3.41. The summed E-state index contributed by atoms with van der Waals surface area (Å²) in [5.74, 6) is -0.485. The van der Waals surface area contributed by atoms with Gasteiger partial charge in [0.25, 0.3) is 0 Å². The fourth-order valence-electron chi connectivity index (χ4n) is 1.18. The molecule has 0 spiro atoms. The maximum Gasteiger partial charge on any atom is 0.219 e. The molecule has 14 heavy (non-hydrogen) atoms. The fraction of sp³-hybridized carbons (Fsp3) is 0.111. The molecule has 0 amide bonds. The Morgan fingerprint density at radius 1 is 1.36 bits per heavy atom. The highest BCUT2D eigenvalue weighted by Gasteiger charge is 2.15. The van der Waals surface area contributed by atoms with Crippen molar-refractivity contribution >= 4 is 20.8 Å². The average Bonchev–Trinajstić information content (AvgIpc) is 2.48. The van der Waals surface area contributed by atoms with Crippen LogP contribution in [0.15, 0.2) is 33.8 Å². The van der Waals surface area contributed by atoms with Gasteiger partial charge in [-0.2, -0.15) is 0 Å². The van der Waals surface area contributed by atoms with Gasteiger partial charge in [0.05, 0.1) is 5.39 Å². The molecule has 0 fully saturated rings. The van der Waals surface area contributed by atoms with E-state index in [0.29, 0.717) is 0 Å². The second kappa shape index (κ2) is 2.81. The lowest BCUT2D eigenvalue weighted by molar-refractivity contribution is 0.484. The van der Waals surface area contributed by atoms with Gasteiger partial charge >= 0.3 is 0 Å². The van der Waals surface area contributed by atoms with Crippen molar-refractivity contribution in [2.75, 3.05) is 6.26 Å². The minimum Gasteiger partial charge on any atom is -0.445 e. The lowest BCUT2D eigenvalue weighted by Gasteiger charge is -1.88. The highest BCUT2D eigenvalue weighted by Crippen LogP contribution is 2.24.